The Kier molecular flexibility index (Phi) is 7.80. The number of nitrogens with zero attached hydrogens (tertiary/aromatic N) is 2. The number of ketones is 2. The lowest BCUT2D eigenvalue weighted by molar-refractivity contribution is -0.126. The number of amides is 1. The number of hydrogen-bond donors (Lipinski definition) is 1. The summed E-state index contributed by atoms with van der Waals surface area (Å²) in [6.45, 7) is 15.1. The molecule has 6 heteroatoms. The lowest BCUT2D eigenvalue weighted by Crippen LogP contribution is -2.42. The van der Waals surface area contributed by atoms with Gasteiger partial charge in [0.2, 0.25) is 5.91 Å². The third-order valence-corrected chi connectivity index (χ3v) is 7.22. The first kappa shape index (κ1) is 29.3. The molecule has 0 saturated carbocycles. The van der Waals surface area contributed by atoms with E-state index in [1.165, 1.54) is 0 Å². The number of rotatable bonds is 6. The summed E-state index contributed by atoms with van der Waals surface area (Å²) in [7, 11) is 3.91. The number of benzene rings is 2. The molecule has 1 N–H and O–H groups in total. The van der Waals surface area contributed by atoms with Crippen LogP contribution in [0.4, 0.5) is 5.69 Å². The highest BCUT2D eigenvalue weighted by Gasteiger charge is 2.34. The molecular formula is C32H42N2O4. The van der Waals surface area contributed by atoms with Crippen LogP contribution in [0.15, 0.2) is 29.3 Å². The van der Waals surface area contributed by atoms with Crippen LogP contribution in [0.5, 0.6) is 5.75 Å². The normalized spacial score (nSPS) is 15.6. The molecule has 1 amide bonds. The Hall–Kier alpha value is -3.28. The molecule has 6 nitrogen and oxygen atoms in total. The lowest BCUT2D eigenvalue weighted by atomic mass is 9.76. The summed E-state index contributed by atoms with van der Waals surface area (Å²) in [5.74, 6) is -0.0939. The van der Waals surface area contributed by atoms with Crippen LogP contribution in [-0.4, -0.2) is 36.7 Å². The van der Waals surface area contributed by atoms with Gasteiger partial charge in [0.1, 0.15) is 17.3 Å². The Balaban J connectivity index is 2.36. The minimum Gasteiger partial charge on any atom is -0.507 e. The summed E-state index contributed by atoms with van der Waals surface area (Å²) in [4.78, 5) is 45.0. The van der Waals surface area contributed by atoms with Gasteiger partial charge in [0, 0.05) is 71.6 Å². The van der Waals surface area contributed by atoms with Crippen LogP contribution in [-0.2, 0) is 32.6 Å². The molecule has 0 spiro atoms. The maximum atomic E-state index is 13.0. The van der Waals surface area contributed by atoms with Gasteiger partial charge >= 0.3 is 0 Å². The van der Waals surface area contributed by atoms with Crippen molar-refractivity contribution in [2.24, 2.45) is 15.8 Å². The van der Waals surface area contributed by atoms with Crippen molar-refractivity contribution in [3.63, 3.8) is 0 Å². The molecule has 3 rings (SSSR count). The van der Waals surface area contributed by atoms with Crippen LogP contribution in [0.3, 0.4) is 0 Å². The number of Topliss-reactive ketones (excluding diaryl/α,β-unsaturated/α-hetero) is 2. The number of phenols is 1. The summed E-state index contributed by atoms with van der Waals surface area (Å²) >= 11 is 0. The van der Waals surface area contributed by atoms with Gasteiger partial charge in [-0.2, -0.15) is 0 Å². The van der Waals surface area contributed by atoms with Gasteiger partial charge in [-0.15, -0.1) is 0 Å². The van der Waals surface area contributed by atoms with Gasteiger partial charge < -0.3 is 10.0 Å². The number of fused-ring (bicyclic) bond motifs is 1. The maximum Gasteiger partial charge on any atom is 0.247 e. The van der Waals surface area contributed by atoms with E-state index >= 15 is 0 Å². The average Bonchev–Trinajstić information content (AvgIpc) is 2.75. The van der Waals surface area contributed by atoms with Crippen LogP contribution in [0, 0.1) is 10.8 Å². The second-order valence-electron chi connectivity index (χ2n) is 13.4. The van der Waals surface area contributed by atoms with Crippen LogP contribution < -0.4 is 15.5 Å². The predicted octanol–water partition coefficient (Wildman–Crippen LogP) is 4.43. The maximum absolute atomic E-state index is 13.0. The molecule has 0 saturated heterocycles. The van der Waals surface area contributed by atoms with Crippen molar-refractivity contribution in [3.05, 3.63) is 57.1 Å². The zero-order valence-corrected chi connectivity index (χ0v) is 24.6. The Morgan fingerprint density at radius 2 is 1.53 bits per heavy atom. The van der Waals surface area contributed by atoms with Crippen molar-refractivity contribution in [1.82, 2.24) is 0 Å². The summed E-state index contributed by atoms with van der Waals surface area (Å²) in [5, 5.41) is 12.4. The van der Waals surface area contributed by atoms with E-state index in [2.05, 4.69) is 4.99 Å². The fraction of sp³-hybridized carbons (Fsp3) is 0.500. The molecule has 0 atom stereocenters. The van der Waals surface area contributed by atoms with Gasteiger partial charge in [-0.05, 0) is 35.4 Å². The molecule has 0 radical (unpaired) electrons. The molecule has 2 aromatic carbocycles. The van der Waals surface area contributed by atoms with Crippen molar-refractivity contribution in [2.45, 2.75) is 80.1 Å². The van der Waals surface area contributed by atoms with E-state index in [0.717, 1.165) is 16.8 Å². The van der Waals surface area contributed by atoms with Gasteiger partial charge in [-0.3, -0.25) is 14.4 Å². The molecule has 1 aliphatic heterocycles. The van der Waals surface area contributed by atoms with E-state index < -0.39 is 16.2 Å². The molecule has 204 valence electrons. The fourth-order valence-corrected chi connectivity index (χ4v) is 4.59. The number of phenolic OH excluding ortho intramolecular Hbond substituents is 1. The van der Waals surface area contributed by atoms with Gasteiger partial charge in [0.25, 0.3) is 0 Å². The number of anilines is 1. The van der Waals surface area contributed by atoms with E-state index in [0.29, 0.717) is 21.7 Å². The second kappa shape index (κ2) is 10.1. The minimum absolute atomic E-state index is 0.00660. The van der Waals surface area contributed by atoms with Crippen LogP contribution in [0.25, 0.3) is 6.08 Å². The van der Waals surface area contributed by atoms with Crippen LogP contribution in [0.1, 0.15) is 84.1 Å². The Morgan fingerprint density at radius 3 is 2.05 bits per heavy atom. The first-order valence-electron chi connectivity index (χ1n) is 13.2. The SMILES string of the molecule is CN(C)c1ccc(C=c2cc(CC(=O)C(C)(C)C)c(O)c3c2=NC(=O)CC3(C)C)c(CC(=O)C(C)(C)C)c1. The van der Waals surface area contributed by atoms with Crippen LogP contribution in [0.2, 0.25) is 0 Å². The summed E-state index contributed by atoms with van der Waals surface area (Å²) in [6, 6.07) is 7.74. The zero-order chi connectivity index (χ0) is 28.8. The molecule has 0 unspecified atom stereocenters. The summed E-state index contributed by atoms with van der Waals surface area (Å²) < 4.78 is 0. The summed E-state index contributed by atoms with van der Waals surface area (Å²) in [6.07, 6.45) is 2.43. The number of hydrogen-bond acceptors (Lipinski definition) is 5. The molecule has 0 fully saturated rings. The Morgan fingerprint density at radius 1 is 0.974 bits per heavy atom. The minimum atomic E-state index is -0.651. The monoisotopic (exact) mass is 518 g/mol. The lowest BCUT2D eigenvalue weighted by Gasteiger charge is -2.29. The van der Waals surface area contributed by atoms with E-state index in [4.69, 9.17) is 0 Å². The van der Waals surface area contributed by atoms with E-state index in [1.54, 1.807) is 6.07 Å². The molecule has 0 aliphatic carbocycles. The summed E-state index contributed by atoms with van der Waals surface area (Å²) in [5.41, 5.74) is 2.07. The van der Waals surface area contributed by atoms with Crippen LogP contribution >= 0.6 is 0 Å². The van der Waals surface area contributed by atoms with Gasteiger partial charge in [-0.25, -0.2) is 4.99 Å². The topological polar surface area (TPSA) is 87.0 Å². The van der Waals surface area contributed by atoms with Crippen molar-refractivity contribution >= 4 is 29.2 Å². The van der Waals surface area contributed by atoms with Crippen molar-refractivity contribution in [3.8, 4) is 5.75 Å². The van der Waals surface area contributed by atoms with Gasteiger partial charge in [-0.1, -0.05) is 61.5 Å². The third-order valence-electron chi connectivity index (χ3n) is 7.22. The highest BCUT2D eigenvalue weighted by Crippen LogP contribution is 2.35. The number of carbonyl (C=O) groups is 3. The second-order valence-corrected chi connectivity index (χ2v) is 13.4. The van der Waals surface area contributed by atoms with Crippen molar-refractivity contribution in [2.75, 3.05) is 19.0 Å². The van der Waals surface area contributed by atoms with Crippen molar-refractivity contribution in [1.29, 1.82) is 0 Å². The predicted molar refractivity (Wildman–Crippen MR) is 152 cm³/mol. The standard InChI is InChI=1S/C32H42N2O4/c1-30(2,3)24(35)16-20-15-23(34(9)10)12-11-19(20)13-21-14-22(17-25(36)31(4,5)6)29(38)27-28(21)33-26(37)18-32(27,7)8/h11-15,38H,16-18H2,1-10H3. The zero-order valence-electron chi connectivity index (χ0n) is 24.6. The highest BCUT2D eigenvalue weighted by atomic mass is 16.3. The molecule has 0 aromatic heterocycles. The third kappa shape index (κ3) is 6.23. The van der Waals surface area contributed by atoms with Gasteiger partial charge in [0.05, 0.1) is 5.36 Å². The molecule has 2 aromatic rings. The van der Waals surface area contributed by atoms with E-state index in [9.17, 15) is 19.5 Å². The Bertz CT molecular complexity index is 1420. The smallest absolute Gasteiger partial charge is 0.247 e. The Labute approximate surface area is 226 Å². The number of aromatic hydroxyl groups is 1. The highest BCUT2D eigenvalue weighted by molar-refractivity contribution is 5.88. The average molecular weight is 519 g/mol. The fourth-order valence-electron chi connectivity index (χ4n) is 4.59. The first-order chi connectivity index (χ1) is 17.3. The van der Waals surface area contributed by atoms with Gasteiger partial charge in [0.15, 0.2) is 0 Å². The molecule has 1 aliphatic rings. The van der Waals surface area contributed by atoms with Crippen molar-refractivity contribution < 1.29 is 19.5 Å². The number of carbonyl (C=O) groups excluding carboxylic acids is 3. The molecule has 38 heavy (non-hydrogen) atoms. The quantitative estimate of drug-likeness (QED) is 0.611. The molecular weight excluding hydrogens is 476 g/mol. The first-order valence-corrected chi connectivity index (χ1v) is 13.2. The largest absolute Gasteiger partial charge is 0.507 e. The van der Waals surface area contributed by atoms with E-state index in [1.807, 2.05) is 98.7 Å². The molecule has 0 bridgehead atoms. The molecule has 1 heterocycles. The van der Waals surface area contributed by atoms with E-state index in [-0.39, 0.29) is 42.5 Å².